The molecule has 2 atom stereocenters. The third kappa shape index (κ3) is 4.66. The van der Waals surface area contributed by atoms with Gasteiger partial charge in [0.05, 0.1) is 18.6 Å². The SMILES string of the molecule is CCCC(C)(N)C(=O)N1CCCC(C(=O)OC)C1.Cl. The summed E-state index contributed by atoms with van der Waals surface area (Å²) in [5, 5.41) is 0. The van der Waals surface area contributed by atoms with Gasteiger partial charge in [-0.05, 0) is 26.2 Å². The zero-order valence-electron chi connectivity index (χ0n) is 12.0. The highest BCUT2D eigenvalue weighted by Gasteiger charge is 2.36. The van der Waals surface area contributed by atoms with E-state index in [0.717, 1.165) is 19.3 Å². The van der Waals surface area contributed by atoms with Crippen LogP contribution in [-0.2, 0) is 14.3 Å². The van der Waals surface area contributed by atoms with E-state index in [0.29, 0.717) is 19.5 Å². The highest BCUT2D eigenvalue weighted by molar-refractivity contribution is 5.86. The Labute approximate surface area is 121 Å². The topological polar surface area (TPSA) is 72.6 Å². The number of nitrogens with two attached hydrogens (primary N) is 1. The van der Waals surface area contributed by atoms with Gasteiger partial charge in [-0.3, -0.25) is 9.59 Å². The lowest BCUT2D eigenvalue weighted by atomic mass is 9.92. The van der Waals surface area contributed by atoms with Gasteiger partial charge < -0.3 is 15.4 Å². The number of amides is 1. The Kier molecular flexibility index (Phi) is 7.37. The Hall–Kier alpha value is -0.810. The largest absolute Gasteiger partial charge is 0.469 e. The zero-order chi connectivity index (χ0) is 13.8. The monoisotopic (exact) mass is 292 g/mol. The number of hydrogen-bond acceptors (Lipinski definition) is 4. The number of likely N-dealkylation sites (tertiary alicyclic amines) is 1. The lowest BCUT2D eigenvalue weighted by Crippen LogP contribution is -2.56. The molecular formula is C13H25ClN2O3. The van der Waals surface area contributed by atoms with Crippen LogP contribution in [0.5, 0.6) is 0 Å². The molecule has 19 heavy (non-hydrogen) atoms. The molecule has 1 heterocycles. The van der Waals surface area contributed by atoms with Gasteiger partial charge >= 0.3 is 5.97 Å². The summed E-state index contributed by atoms with van der Waals surface area (Å²) in [4.78, 5) is 25.5. The van der Waals surface area contributed by atoms with Gasteiger partial charge in [0.15, 0.2) is 0 Å². The molecule has 1 saturated heterocycles. The summed E-state index contributed by atoms with van der Waals surface area (Å²) >= 11 is 0. The van der Waals surface area contributed by atoms with Crippen LogP contribution in [0.1, 0.15) is 39.5 Å². The standard InChI is InChI=1S/C13H24N2O3.ClH/c1-4-7-13(2,14)12(17)15-8-5-6-10(9-15)11(16)18-3;/h10H,4-9,14H2,1-3H3;1H. The number of rotatable bonds is 4. The number of hydrogen-bond donors (Lipinski definition) is 1. The van der Waals surface area contributed by atoms with Gasteiger partial charge in [0.25, 0.3) is 0 Å². The molecule has 0 aromatic carbocycles. The summed E-state index contributed by atoms with van der Waals surface area (Å²) in [6, 6.07) is 0. The van der Waals surface area contributed by atoms with Crippen molar-refractivity contribution in [3.8, 4) is 0 Å². The molecule has 5 nitrogen and oxygen atoms in total. The molecule has 2 unspecified atom stereocenters. The van der Waals surface area contributed by atoms with Crippen molar-refractivity contribution in [3.63, 3.8) is 0 Å². The average Bonchev–Trinajstić information content (AvgIpc) is 2.37. The van der Waals surface area contributed by atoms with Crippen LogP contribution < -0.4 is 5.73 Å². The fourth-order valence-corrected chi connectivity index (χ4v) is 2.51. The first-order chi connectivity index (χ1) is 8.42. The van der Waals surface area contributed by atoms with Crippen molar-refractivity contribution in [1.82, 2.24) is 4.90 Å². The molecule has 0 aliphatic carbocycles. The normalized spacial score (nSPS) is 22.1. The minimum atomic E-state index is -0.827. The first-order valence-corrected chi connectivity index (χ1v) is 6.58. The van der Waals surface area contributed by atoms with E-state index in [-0.39, 0.29) is 30.2 Å². The van der Waals surface area contributed by atoms with Crippen molar-refractivity contribution in [2.75, 3.05) is 20.2 Å². The molecule has 1 aliphatic heterocycles. The van der Waals surface area contributed by atoms with Gasteiger partial charge in [-0.1, -0.05) is 13.3 Å². The fourth-order valence-electron chi connectivity index (χ4n) is 2.51. The van der Waals surface area contributed by atoms with Gasteiger partial charge in [0.2, 0.25) is 5.91 Å². The van der Waals surface area contributed by atoms with Crippen LogP contribution in [0.25, 0.3) is 0 Å². The van der Waals surface area contributed by atoms with Crippen LogP contribution in [0.4, 0.5) is 0 Å². The maximum atomic E-state index is 12.3. The molecule has 0 spiro atoms. The molecule has 112 valence electrons. The van der Waals surface area contributed by atoms with Crippen LogP contribution in [0.15, 0.2) is 0 Å². The quantitative estimate of drug-likeness (QED) is 0.794. The number of nitrogens with zero attached hydrogens (tertiary/aromatic N) is 1. The van der Waals surface area contributed by atoms with Crippen LogP contribution in [-0.4, -0.2) is 42.5 Å². The van der Waals surface area contributed by atoms with Crippen molar-refractivity contribution in [1.29, 1.82) is 0 Å². The number of methoxy groups -OCH3 is 1. The molecule has 2 N–H and O–H groups in total. The predicted molar refractivity (Wildman–Crippen MR) is 76.1 cm³/mol. The van der Waals surface area contributed by atoms with Crippen LogP contribution in [0.2, 0.25) is 0 Å². The summed E-state index contributed by atoms with van der Waals surface area (Å²) in [6.07, 6.45) is 3.14. The van der Waals surface area contributed by atoms with Crippen molar-refractivity contribution >= 4 is 24.3 Å². The molecule has 0 bridgehead atoms. The average molecular weight is 293 g/mol. The van der Waals surface area contributed by atoms with Gasteiger partial charge in [-0.25, -0.2) is 0 Å². The first kappa shape index (κ1) is 18.2. The second kappa shape index (κ2) is 7.70. The Morgan fingerprint density at radius 3 is 2.63 bits per heavy atom. The van der Waals surface area contributed by atoms with E-state index in [1.807, 2.05) is 6.92 Å². The van der Waals surface area contributed by atoms with E-state index in [2.05, 4.69) is 0 Å². The molecule has 0 aromatic heterocycles. The molecule has 0 radical (unpaired) electrons. The van der Waals surface area contributed by atoms with Gasteiger partial charge in [0, 0.05) is 13.1 Å². The Balaban J connectivity index is 0.00000324. The van der Waals surface area contributed by atoms with Gasteiger partial charge in [0.1, 0.15) is 0 Å². The zero-order valence-corrected chi connectivity index (χ0v) is 12.8. The highest BCUT2D eigenvalue weighted by atomic mass is 35.5. The van der Waals surface area contributed by atoms with E-state index in [1.54, 1.807) is 11.8 Å². The number of carbonyl (C=O) groups excluding carboxylic acids is 2. The molecule has 0 saturated carbocycles. The molecule has 1 fully saturated rings. The predicted octanol–water partition coefficient (Wildman–Crippen LogP) is 1.34. The number of piperidine rings is 1. The van der Waals surface area contributed by atoms with Crippen molar-refractivity contribution in [2.24, 2.45) is 11.7 Å². The smallest absolute Gasteiger partial charge is 0.310 e. The van der Waals surface area contributed by atoms with Gasteiger partial charge in [-0.2, -0.15) is 0 Å². The van der Waals surface area contributed by atoms with E-state index >= 15 is 0 Å². The Bertz CT molecular complexity index is 321. The summed E-state index contributed by atoms with van der Waals surface area (Å²) in [5.41, 5.74) is 5.22. The van der Waals surface area contributed by atoms with Crippen LogP contribution in [0.3, 0.4) is 0 Å². The molecular weight excluding hydrogens is 268 g/mol. The minimum Gasteiger partial charge on any atom is -0.469 e. The third-order valence-electron chi connectivity index (χ3n) is 3.50. The number of carbonyl (C=O) groups is 2. The van der Waals surface area contributed by atoms with Crippen molar-refractivity contribution in [3.05, 3.63) is 0 Å². The number of esters is 1. The Morgan fingerprint density at radius 1 is 1.47 bits per heavy atom. The van der Waals surface area contributed by atoms with Gasteiger partial charge in [-0.15, -0.1) is 12.4 Å². The molecule has 1 aliphatic rings. The van der Waals surface area contributed by atoms with Crippen molar-refractivity contribution in [2.45, 2.75) is 45.1 Å². The van der Waals surface area contributed by atoms with Crippen molar-refractivity contribution < 1.29 is 14.3 Å². The summed E-state index contributed by atoms with van der Waals surface area (Å²) in [7, 11) is 1.38. The molecule has 6 heteroatoms. The molecule has 0 aromatic rings. The third-order valence-corrected chi connectivity index (χ3v) is 3.50. The van der Waals surface area contributed by atoms with E-state index in [1.165, 1.54) is 7.11 Å². The number of ether oxygens (including phenoxy) is 1. The molecule has 1 amide bonds. The minimum absolute atomic E-state index is 0. The fraction of sp³-hybridized carbons (Fsp3) is 0.846. The van der Waals surface area contributed by atoms with Crippen LogP contribution >= 0.6 is 12.4 Å². The summed E-state index contributed by atoms with van der Waals surface area (Å²) < 4.78 is 4.74. The Morgan fingerprint density at radius 2 is 2.11 bits per heavy atom. The van der Waals surface area contributed by atoms with E-state index in [9.17, 15) is 9.59 Å². The van der Waals surface area contributed by atoms with Crippen LogP contribution in [0, 0.1) is 5.92 Å². The second-order valence-electron chi connectivity index (χ2n) is 5.28. The summed E-state index contributed by atoms with van der Waals surface area (Å²) in [6.45, 7) is 4.89. The maximum absolute atomic E-state index is 12.3. The highest BCUT2D eigenvalue weighted by Crippen LogP contribution is 2.21. The lowest BCUT2D eigenvalue weighted by Gasteiger charge is -2.36. The first-order valence-electron chi connectivity index (χ1n) is 6.58. The lowest BCUT2D eigenvalue weighted by molar-refractivity contribution is -0.150. The van der Waals surface area contributed by atoms with E-state index < -0.39 is 5.54 Å². The van der Waals surface area contributed by atoms with E-state index in [4.69, 9.17) is 10.5 Å². The number of halogens is 1. The summed E-state index contributed by atoms with van der Waals surface area (Å²) in [5.74, 6) is -0.496. The second-order valence-corrected chi connectivity index (χ2v) is 5.28. The molecule has 1 rings (SSSR count). The maximum Gasteiger partial charge on any atom is 0.310 e.